The van der Waals surface area contributed by atoms with Crippen molar-refractivity contribution in [2.45, 2.75) is 0 Å². The molecule has 0 bridgehead atoms. The summed E-state index contributed by atoms with van der Waals surface area (Å²) in [6.45, 7) is 0. The van der Waals surface area contributed by atoms with Gasteiger partial charge in [-0.15, -0.1) is 0 Å². The molecule has 13 heavy (non-hydrogen) atoms. The minimum absolute atomic E-state index is 0.109. The average Bonchev–Trinajstić information content (AvgIpc) is 2.02. The molecule has 0 aromatic carbocycles. The normalized spacial score (nSPS) is 12.5. The molecular weight excluding hydrogens is 310 g/mol. The monoisotopic (exact) mass is 313 g/mol. The van der Waals surface area contributed by atoms with Crippen molar-refractivity contribution in [3.8, 4) is 0 Å². The summed E-state index contributed by atoms with van der Waals surface area (Å²) in [6, 6.07) is -0.831. The number of amides is 2. The van der Waals surface area contributed by atoms with Crippen LogP contribution in [0.2, 0.25) is 0 Å². The van der Waals surface area contributed by atoms with E-state index in [0.29, 0.717) is 0 Å². The van der Waals surface area contributed by atoms with Gasteiger partial charge in [0.25, 0.3) is 0 Å². The summed E-state index contributed by atoms with van der Waals surface area (Å²) in [5.41, 5.74) is 6.59. The second kappa shape index (κ2) is 5.70. The van der Waals surface area contributed by atoms with E-state index in [9.17, 15) is 9.59 Å². The predicted octanol–water partition coefficient (Wildman–Crippen LogP) is 0.727. The van der Waals surface area contributed by atoms with Crippen LogP contribution < -0.4 is 11.2 Å². The van der Waals surface area contributed by atoms with Gasteiger partial charge in [-0.05, 0) is 31.9 Å². The summed E-state index contributed by atoms with van der Waals surface area (Å²) < 4.78 is 0.0660. The van der Waals surface area contributed by atoms with Gasteiger partial charge in [-0.25, -0.2) is 15.0 Å². The van der Waals surface area contributed by atoms with Crippen LogP contribution in [0.15, 0.2) is 14.1 Å². The van der Waals surface area contributed by atoms with E-state index in [4.69, 9.17) is 10.8 Å². The fraction of sp³-hybridized carbons (Fsp3) is 0. The van der Waals surface area contributed by atoms with Crippen LogP contribution in [0.3, 0.4) is 0 Å². The van der Waals surface area contributed by atoms with E-state index < -0.39 is 12.0 Å². The first kappa shape index (κ1) is 12.1. The van der Waals surface area contributed by atoms with Crippen molar-refractivity contribution >= 4 is 50.1 Å². The predicted molar refractivity (Wildman–Crippen MR) is 53.7 cm³/mol. The molecular formula is C5H5Br2N3O3. The first-order valence-electron chi connectivity index (χ1n) is 2.82. The van der Waals surface area contributed by atoms with Crippen LogP contribution in [0.4, 0.5) is 4.79 Å². The third-order valence-corrected chi connectivity index (χ3v) is 2.65. The number of carbonyl (C=O) groups excluding carboxylic acids is 1. The van der Waals surface area contributed by atoms with Crippen molar-refractivity contribution in [1.29, 1.82) is 0 Å². The number of primary amides is 1. The van der Waals surface area contributed by atoms with E-state index in [2.05, 4.69) is 37.0 Å². The topological polar surface area (TPSA) is 105 Å². The van der Waals surface area contributed by atoms with Gasteiger partial charge in [-0.3, -0.25) is 0 Å². The van der Waals surface area contributed by atoms with Crippen LogP contribution >= 0.6 is 31.9 Å². The Hall–Kier alpha value is -0.890. The summed E-state index contributed by atoms with van der Waals surface area (Å²) in [7, 11) is 0. The molecule has 0 unspecified atom stereocenters. The van der Waals surface area contributed by atoms with E-state index in [1.807, 2.05) is 5.43 Å². The van der Waals surface area contributed by atoms with Crippen molar-refractivity contribution in [3.63, 3.8) is 0 Å². The van der Waals surface area contributed by atoms with Gasteiger partial charge in [-0.2, -0.15) is 5.10 Å². The van der Waals surface area contributed by atoms with E-state index in [0.717, 1.165) is 6.21 Å². The maximum absolute atomic E-state index is 10.3. The van der Waals surface area contributed by atoms with Crippen LogP contribution in [0.25, 0.3) is 0 Å². The molecule has 0 heterocycles. The lowest BCUT2D eigenvalue weighted by atomic mass is 10.5. The second-order valence-electron chi connectivity index (χ2n) is 1.70. The summed E-state index contributed by atoms with van der Waals surface area (Å²) in [5, 5.41) is 11.8. The van der Waals surface area contributed by atoms with Crippen molar-refractivity contribution in [3.05, 3.63) is 8.96 Å². The molecule has 72 valence electrons. The molecule has 0 atom stereocenters. The van der Waals surface area contributed by atoms with Crippen molar-refractivity contribution in [1.82, 2.24) is 5.43 Å². The van der Waals surface area contributed by atoms with E-state index >= 15 is 0 Å². The molecule has 0 radical (unpaired) electrons. The standard InChI is InChI=1S/C5H5Br2N3O3/c6-2(3(7)4(11)12)1-9-10-5(8)13/h1H,(H,11,12)(H3,8,10,13)/b3-2+,9-1+. The zero-order valence-electron chi connectivity index (χ0n) is 6.12. The maximum atomic E-state index is 10.3. The molecule has 0 aromatic heterocycles. The van der Waals surface area contributed by atoms with Crippen LogP contribution in [-0.4, -0.2) is 23.3 Å². The minimum atomic E-state index is -1.16. The summed E-state index contributed by atoms with van der Waals surface area (Å²) >= 11 is 5.68. The van der Waals surface area contributed by atoms with Crippen LogP contribution in [0, 0.1) is 0 Å². The number of allylic oxidation sites excluding steroid dienone is 1. The number of hydrazone groups is 1. The number of rotatable bonds is 3. The minimum Gasteiger partial charge on any atom is -0.477 e. The highest BCUT2D eigenvalue weighted by Gasteiger charge is 2.06. The number of nitrogens with zero attached hydrogens (tertiary/aromatic N) is 1. The Morgan fingerprint density at radius 1 is 1.46 bits per heavy atom. The Morgan fingerprint density at radius 2 is 2.00 bits per heavy atom. The number of aliphatic carboxylic acids is 1. The molecule has 4 N–H and O–H groups in total. The van der Waals surface area contributed by atoms with Crippen LogP contribution in [-0.2, 0) is 4.79 Å². The Morgan fingerprint density at radius 3 is 2.38 bits per heavy atom. The highest BCUT2D eigenvalue weighted by Crippen LogP contribution is 2.15. The number of nitrogens with two attached hydrogens (primary N) is 1. The van der Waals surface area contributed by atoms with E-state index in [1.54, 1.807) is 0 Å². The molecule has 0 aliphatic carbocycles. The Labute approximate surface area is 90.1 Å². The summed E-state index contributed by atoms with van der Waals surface area (Å²) in [6.07, 6.45) is 1.09. The number of hydrogen-bond donors (Lipinski definition) is 3. The number of nitrogens with one attached hydrogen (secondary N) is 1. The molecule has 0 saturated carbocycles. The smallest absolute Gasteiger partial charge is 0.344 e. The van der Waals surface area contributed by atoms with Gasteiger partial charge in [0.15, 0.2) is 0 Å². The molecule has 0 aliphatic heterocycles. The third kappa shape index (κ3) is 5.36. The van der Waals surface area contributed by atoms with E-state index in [1.165, 1.54) is 0 Å². The lowest BCUT2D eigenvalue weighted by Crippen LogP contribution is -2.24. The maximum Gasteiger partial charge on any atom is 0.344 e. The number of hydrogen-bond acceptors (Lipinski definition) is 3. The number of carboxylic acids is 1. The SMILES string of the molecule is NC(=O)N/N=C/C(Br)=C(\Br)C(=O)O. The molecule has 8 heteroatoms. The molecule has 2 amide bonds. The zero-order chi connectivity index (χ0) is 10.4. The quantitative estimate of drug-likeness (QED) is 0.406. The molecule has 0 spiro atoms. The Bertz CT molecular complexity index is 287. The highest BCUT2D eigenvalue weighted by molar-refractivity contribution is 9.14. The highest BCUT2D eigenvalue weighted by atomic mass is 79.9. The molecule has 0 aromatic rings. The van der Waals surface area contributed by atoms with Gasteiger partial charge in [0.1, 0.15) is 4.48 Å². The fourth-order valence-electron chi connectivity index (χ4n) is 0.311. The lowest BCUT2D eigenvalue weighted by molar-refractivity contribution is -0.131. The molecule has 0 saturated heterocycles. The Kier molecular flexibility index (Phi) is 5.31. The molecule has 6 nitrogen and oxygen atoms in total. The fourth-order valence-corrected chi connectivity index (χ4v) is 0.686. The third-order valence-electron chi connectivity index (χ3n) is 0.750. The van der Waals surface area contributed by atoms with Gasteiger partial charge < -0.3 is 10.8 Å². The first-order valence-corrected chi connectivity index (χ1v) is 4.40. The second-order valence-corrected chi connectivity index (χ2v) is 3.35. The average molecular weight is 315 g/mol. The van der Waals surface area contributed by atoms with Crippen molar-refractivity contribution in [2.75, 3.05) is 0 Å². The van der Waals surface area contributed by atoms with Crippen LogP contribution in [0.5, 0.6) is 0 Å². The summed E-state index contributed by atoms with van der Waals surface area (Å²) in [5.74, 6) is -1.16. The molecule has 0 aliphatic rings. The van der Waals surface area contributed by atoms with Gasteiger partial charge in [0.2, 0.25) is 0 Å². The number of urea groups is 1. The van der Waals surface area contributed by atoms with E-state index in [-0.39, 0.29) is 8.96 Å². The number of carbonyl (C=O) groups is 2. The Balaban J connectivity index is 4.36. The lowest BCUT2D eigenvalue weighted by Gasteiger charge is -1.93. The molecule has 0 rings (SSSR count). The summed E-state index contributed by atoms with van der Waals surface area (Å²) in [4.78, 5) is 20.5. The largest absolute Gasteiger partial charge is 0.477 e. The number of halogens is 2. The van der Waals surface area contributed by atoms with Gasteiger partial charge >= 0.3 is 12.0 Å². The van der Waals surface area contributed by atoms with Crippen molar-refractivity contribution < 1.29 is 14.7 Å². The van der Waals surface area contributed by atoms with Gasteiger partial charge in [0.05, 0.1) is 10.7 Å². The van der Waals surface area contributed by atoms with Crippen molar-refractivity contribution in [2.24, 2.45) is 10.8 Å². The molecule has 0 fully saturated rings. The van der Waals surface area contributed by atoms with Gasteiger partial charge in [-0.1, -0.05) is 0 Å². The van der Waals surface area contributed by atoms with Crippen LogP contribution in [0.1, 0.15) is 0 Å². The number of carboxylic acid groups (broad SMARTS) is 1. The zero-order valence-corrected chi connectivity index (χ0v) is 9.29. The van der Waals surface area contributed by atoms with Gasteiger partial charge in [0, 0.05) is 0 Å². The first-order chi connectivity index (χ1) is 5.95.